The zero-order valence-corrected chi connectivity index (χ0v) is 5.13. The predicted molar refractivity (Wildman–Crippen MR) is 33.1 cm³/mol. The van der Waals surface area contributed by atoms with Crippen molar-refractivity contribution < 1.29 is 0 Å². The van der Waals surface area contributed by atoms with E-state index in [1.807, 2.05) is 6.07 Å². The number of halogens is 2. The lowest BCUT2D eigenvalue weighted by Gasteiger charge is -1.49. The molecule has 0 atom stereocenters. The number of aromatic amines is 1. The van der Waals surface area contributed by atoms with E-state index >= 15 is 0 Å². The summed E-state index contributed by atoms with van der Waals surface area (Å²) in [6.45, 7) is 0. The van der Waals surface area contributed by atoms with Crippen LogP contribution in [0, 0.1) is 0 Å². The summed E-state index contributed by atoms with van der Waals surface area (Å²) in [5, 5.41) is 6.21. The van der Waals surface area contributed by atoms with E-state index < -0.39 is 0 Å². The zero-order chi connectivity index (χ0) is 3.54. The molecule has 0 bridgehead atoms. The smallest absolute Gasteiger partial charge is 0.0487 e. The van der Waals surface area contributed by atoms with Crippen molar-refractivity contribution in [2.24, 2.45) is 0 Å². The van der Waals surface area contributed by atoms with Gasteiger partial charge in [-0.2, -0.15) is 5.10 Å². The zero-order valence-electron chi connectivity index (χ0n) is 3.50. The maximum atomic E-state index is 3.60. The van der Waals surface area contributed by atoms with E-state index in [4.69, 9.17) is 0 Å². The Morgan fingerprint density at radius 2 is 2.00 bits per heavy atom. The second kappa shape index (κ2) is 5.79. The molecule has 0 aliphatic heterocycles. The Kier molecular flexibility index (Phi) is 8.21. The third-order valence-corrected chi connectivity index (χ3v) is 0.406. The molecule has 0 saturated carbocycles. The van der Waals surface area contributed by atoms with Crippen LogP contribution in [-0.4, -0.2) is 10.2 Å². The van der Waals surface area contributed by atoms with Gasteiger partial charge in [-0.3, -0.25) is 5.10 Å². The average Bonchev–Trinajstić information content (AvgIpc) is 1.76. The van der Waals surface area contributed by atoms with Crippen LogP contribution in [-0.2, 0) is 0 Å². The Morgan fingerprint density at radius 3 is 2.14 bits per heavy atom. The number of hydrogen-bond donors (Lipinski definition) is 1. The minimum Gasteiger partial charge on any atom is -0.286 e. The van der Waals surface area contributed by atoms with Crippen LogP contribution in [0.4, 0.5) is 0 Å². The lowest BCUT2D eigenvalue weighted by atomic mass is 10.8. The van der Waals surface area contributed by atoms with Gasteiger partial charge in [0.15, 0.2) is 0 Å². The summed E-state index contributed by atoms with van der Waals surface area (Å²) in [4.78, 5) is 0. The molecule has 0 amide bonds. The first-order valence-corrected chi connectivity index (χ1v) is 1.44. The standard InChI is InChI=1S/C3H4N2.2ClH/c1-2-4-5-3-1;;/h1-3H,(H,4,5);2*1H. The highest BCUT2D eigenvalue weighted by molar-refractivity contribution is 5.85. The van der Waals surface area contributed by atoms with Crippen molar-refractivity contribution in [2.75, 3.05) is 0 Å². The molecule has 1 aromatic rings. The quantitative estimate of drug-likeness (QED) is 0.578. The average molecular weight is 141 g/mol. The second-order valence-electron chi connectivity index (χ2n) is 0.766. The van der Waals surface area contributed by atoms with Gasteiger partial charge in [-0.25, -0.2) is 0 Å². The topological polar surface area (TPSA) is 28.7 Å². The third kappa shape index (κ3) is 3.62. The first-order valence-electron chi connectivity index (χ1n) is 1.44. The summed E-state index contributed by atoms with van der Waals surface area (Å²) in [7, 11) is 0. The SMILES string of the molecule is Cl.Cl.c1cn[nH]c1. The van der Waals surface area contributed by atoms with Crippen molar-refractivity contribution in [3.8, 4) is 0 Å². The minimum absolute atomic E-state index is 0. The molecule has 1 N–H and O–H groups in total. The van der Waals surface area contributed by atoms with Gasteiger partial charge in [-0.1, -0.05) is 0 Å². The fourth-order valence-electron chi connectivity index (χ4n) is 0.215. The van der Waals surface area contributed by atoms with Gasteiger partial charge in [0.25, 0.3) is 0 Å². The molecular formula is C3H6Cl2N2. The van der Waals surface area contributed by atoms with Gasteiger partial charge in [-0.05, 0) is 6.07 Å². The molecule has 7 heavy (non-hydrogen) atoms. The van der Waals surface area contributed by atoms with Crippen molar-refractivity contribution in [3.05, 3.63) is 18.5 Å². The number of nitrogens with one attached hydrogen (secondary N) is 1. The van der Waals surface area contributed by atoms with E-state index in [2.05, 4.69) is 10.2 Å². The predicted octanol–water partition coefficient (Wildman–Crippen LogP) is 1.25. The number of rotatable bonds is 0. The first kappa shape index (κ1) is 9.92. The van der Waals surface area contributed by atoms with Gasteiger partial charge in [0.05, 0.1) is 0 Å². The molecule has 0 aliphatic rings. The lowest BCUT2D eigenvalue weighted by Crippen LogP contribution is -1.53. The second-order valence-corrected chi connectivity index (χ2v) is 0.766. The van der Waals surface area contributed by atoms with Crippen LogP contribution in [0.1, 0.15) is 0 Å². The summed E-state index contributed by atoms with van der Waals surface area (Å²) in [5.74, 6) is 0. The summed E-state index contributed by atoms with van der Waals surface area (Å²) in [6, 6.07) is 1.83. The fraction of sp³-hybridized carbons (Fsp3) is 0. The molecule has 0 saturated heterocycles. The van der Waals surface area contributed by atoms with Crippen molar-refractivity contribution in [1.82, 2.24) is 10.2 Å². The van der Waals surface area contributed by atoms with Gasteiger partial charge in [-0.15, -0.1) is 24.8 Å². The van der Waals surface area contributed by atoms with Crippen LogP contribution in [0.2, 0.25) is 0 Å². The summed E-state index contributed by atoms with van der Waals surface area (Å²) in [5.41, 5.74) is 0. The summed E-state index contributed by atoms with van der Waals surface area (Å²) >= 11 is 0. The van der Waals surface area contributed by atoms with Crippen LogP contribution < -0.4 is 0 Å². The van der Waals surface area contributed by atoms with Gasteiger partial charge in [0.1, 0.15) is 0 Å². The Labute approximate surface area is 54.1 Å². The number of H-pyrrole nitrogens is 1. The molecule has 0 spiro atoms. The normalized spacial score (nSPS) is 5.71. The highest BCUT2D eigenvalue weighted by Crippen LogP contribution is 1.64. The molecule has 1 aromatic heterocycles. The van der Waals surface area contributed by atoms with E-state index in [-0.39, 0.29) is 24.8 Å². The maximum absolute atomic E-state index is 3.60. The molecule has 0 aromatic carbocycles. The number of aromatic nitrogens is 2. The van der Waals surface area contributed by atoms with Gasteiger partial charge < -0.3 is 0 Å². The van der Waals surface area contributed by atoms with E-state index in [1.165, 1.54) is 0 Å². The van der Waals surface area contributed by atoms with Crippen molar-refractivity contribution in [3.63, 3.8) is 0 Å². The van der Waals surface area contributed by atoms with Crippen LogP contribution >= 0.6 is 24.8 Å². The summed E-state index contributed by atoms with van der Waals surface area (Å²) < 4.78 is 0. The fourth-order valence-corrected chi connectivity index (χ4v) is 0.215. The Balaban J connectivity index is 0. The minimum atomic E-state index is 0. The molecular weight excluding hydrogens is 135 g/mol. The van der Waals surface area contributed by atoms with Crippen LogP contribution in [0.25, 0.3) is 0 Å². The molecule has 1 heterocycles. The Bertz CT molecular complexity index is 67.4. The van der Waals surface area contributed by atoms with E-state index in [0.717, 1.165) is 0 Å². The van der Waals surface area contributed by atoms with Crippen molar-refractivity contribution >= 4 is 24.8 Å². The van der Waals surface area contributed by atoms with Gasteiger partial charge in [0, 0.05) is 12.4 Å². The molecule has 4 heteroatoms. The third-order valence-electron chi connectivity index (χ3n) is 0.406. The highest BCUT2D eigenvalue weighted by Gasteiger charge is 1.56. The number of nitrogens with zero attached hydrogens (tertiary/aromatic N) is 1. The van der Waals surface area contributed by atoms with Gasteiger partial charge >= 0.3 is 0 Å². The lowest BCUT2D eigenvalue weighted by molar-refractivity contribution is 1.09. The van der Waals surface area contributed by atoms with Crippen molar-refractivity contribution in [1.29, 1.82) is 0 Å². The molecule has 1 rings (SSSR count). The Morgan fingerprint density at radius 1 is 1.29 bits per heavy atom. The first-order chi connectivity index (χ1) is 2.50. The molecule has 0 unspecified atom stereocenters. The molecule has 0 radical (unpaired) electrons. The number of hydrogen-bond acceptors (Lipinski definition) is 1. The Hall–Kier alpha value is -0.210. The maximum Gasteiger partial charge on any atom is 0.0487 e. The molecule has 0 aliphatic carbocycles. The van der Waals surface area contributed by atoms with E-state index in [0.29, 0.717) is 0 Å². The summed E-state index contributed by atoms with van der Waals surface area (Å²) in [6.07, 6.45) is 3.46. The molecule has 2 nitrogen and oxygen atoms in total. The highest BCUT2D eigenvalue weighted by atomic mass is 35.5. The van der Waals surface area contributed by atoms with Crippen LogP contribution in [0.3, 0.4) is 0 Å². The van der Waals surface area contributed by atoms with Crippen LogP contribution in [0.5, 0.6) is 0 Å². The van der Waals surface area contributed by atoms with E-state index in [9.17, 15) is 0 Å². The molecule has 42 valence electrons. The van der Waals surface area contributed by atoms with E-state index in [1.54, 1.807) is 12.4 Å². The monoisotopic (exact) mass is 140 g/mol. The molecule has 0 fully saturated rings. The largest absolute Gasteiger partial charge is 0.286 e. The van der Waals surface area contributed by atoms with Crippen LogP contribution in [0.15, 0.2) is 18.5 Å². The van der Waals surface area contributed by atoms with Crippen molar-refractivity contribution in [2.45, 2.75) is 0 Å². The van der Waals surface area contributed by atoms with Gasteiger partial charge in [0.2, 0.25) is 0 Å².